The molecule has 1 aromatic rings. The molecule has 0 unspecified atom stereocenters. The average Bonchev–Trinajstić information content (AvgIpc) is 2.55. The molecule has 0 amide bonds. The normalized spacial score (nSPS) is 12.1. The first-order chi connectivity index (χ1) is 10.6. The molecule has 0 aliphatic rings. The minimum atomic E-state index is 0.426. The van der Waals surface area contributed by atoms with Gasteiger partial charge in [-0.3, -0.25) is 0 Å². The van der Waals surface area contributed by atoms with Crippen molar-refractivity contribution in [3.05, 3.63) is 30.4 Å². The quantitative estimate of drug-likeness (QED) is 0.619. The molecule has 0 spiro atoms. The number of hydrogen-bond donors (Lipinski definition) is 0. The molecule has 1 rings (SSSR count). The SMILES string of the molecule is C=CC[C@H](Cc1cc(OC)c(OC)c(OC)c1)N(CC)CC. The highest BCUT2D eigenvalue weighted by Gasteiger charge is 2.18. The fraction of sp³-hybridized carbons (Fsp3) is 0.556. The molecule has 0 bridgehead atoms. The van der Waals surface area contributed by atoms with Crippen molar-refractivity contribution in [2.45, 2.75) is 32.7 Å². The van der Waals surface area contributed by atoms with E-state index in [4.69, 9.17) is 14.2 Å². The van der Waals surface area contributed by atoms with Crippen molar-refractivity contribution in [1.82, 2.24) is 4.90 Å². The molecule has 0 saturated heterocycles. The molecule has 0 N–H and O–H groups in total. The van der Waals surface area contributed by atoms with E-state index < -0.39 is 0 Å². The molecule has 22 heavy (non-hydrogen) atoms. The number of hydrogen-bond acceptors (Lipinski definition) is 4. The Morgan fingerprint density at radius 1 is 1.05 bits per heavy atom. The molecular formula is C18H29NO3. The zero-order valence-electron chi connectivity index (χ0n) is 14.5. The van der Waals surface area contributed by atoms with Gasteiger partial charge in [0.25, 0.3) is 0 Å². The number of methoxy groups -OCH3 is 3. The second-order valence-corrected chi connectivity index (χ2v) is 5.14. The third kappa shape index (κ3) is 4.41. The molecule has 0 saturated carbocycles. The van der Waals surface area contributed by atoms with E-state index in [0.29, 0.717) is 23.3 Å². The number of benzene rings is 1. The fourth-order valence-corrected chi connectivity index (χ4v) is 2.82. The fourth-order valence-electron chi connectivity index (χ4n) is 2.82. The first-order valence-corrected chi connectivity index (χ1v) is 7.78. The minimum Gasteiger partial charge on any atom is -0.493 e. The van der Waals surface area contributed by atoms with Crippen molar-refractivity contribution in [1.29, 1.82) is 0 Å². The average molecular weight is 307 g/mol. The van der Waals surface area contributed by atoms with Crippen molar-refractivity contribution < 1.29 is 14.2 Å². The van der Waals surface area contributed by atoms with Gasteiger partial charge in [-0.05, 0) is 43.6 Å². The molecule has 1 atom stereocenters. The van der Waals surface area contributed by atoms with Crippen LogP contribution in [0.3, 0.4) is 0 Å². The summed E-state index contributed by atoms with van der Waals surface area (Å²) in [7, 11) is 4.91. The molecule has 4 heteroatoms. The van der Waals surface area contributed by atoms with Crippen LogP contribution in [-0.4, -0.2) is 45.4 Å². The lowest BCUT2D eigenvalue weighted by Gasteiger charge is -2.29. The second kappa shape index (κ2) is 9.36. The van der Waals surface area contributed by atoms with Crippen LogP contribution in [0, 0.1) is 0 Å². The van der Waals surface area contributed by atoms with E-state index in [9.17, 15) is 0 Å². The molecule has 0 aliphatic carbocycles. The Labute approximate surface area is 134 Å². The Balaban J connectivity index is 3.11. The highest BCUT2D eigenvalue weighted by atomic mass is 16.5. The number of rotatable bonds is 10. The van der Waals surface area contributed by atoms with E-state index in [-0.39, 0.29) is 0 Å². The monoisotopic (exact) mass is 307 g/mol. The molecule has 0 aliphatic heterocycles. The summed E-state index contributed by atoms with van der Waals surface area (Å²) in [6, 6.07) is 4.48. The van der Waals surface area contributed by atoms with E-state index in [0.717, 1.165) is 25.9 Å². The summed E-state index contributed by atoms with van der Waals surface area (Å²) < 4.78 is 16.2. The third-order valence-electron chi connectivity index (χ3n) is 3.96. The summed E-state index contributed by atoms with van der Waals surface area (Å²) in [4.78, 5) is 2.45. The molecule has 0 aromatic heterocycles. The van der Waals surface area contributed by atoms with Gasteiger partial charge in [-0.15, -0.1) is 6.58 Å². The first-order valence-electron chi connectivity index (χ1n) is 7.78. The van der Waals surface area contributed by atoms with E-state index >= 15 is 0 Å². The topological polar surface area (TPSA) is 30.9 Å². The first kappa shape index (κ1) is 18.4. The van der Waals surface area contributed by atoms with Gasteiger partial charge in [-0.1, -0.05) is 19.9 Å². The predicted octanol–water partition coefficient (Wildman–Crippen LogP) is 3.54. The number of likely N-dealkylation sites (N-methyl/N-ethyl adjacent to an activating group) is 1. The molecule has 124 valence electrons. The molecule has 0 radical (unpaired) electrons. The molecule has 0 heterocycles. The van der Waals surface area contributed by atoms with E-state index in [1.807, 2.05) is 18.2 Å². The second-order valence-electron chi connectivity index (χ2n) is 5.14. The van der Waals surface area contributed by atoms with Gasteiger partial charge in [0.05, 0.1) is 21.3 Å². The molecular weight excluding hydrogens is 278 g/mol. The lowest BCUT2D eigenvalue weighted by atomic mass is 10.0. The predicted molar refractivity (Wildman–Crippen MR) is 91.3 cm³/mol. The van der Waals surface area contributed by atoms with Crippen molar-refractivity contribution in [2.24, 2.45) is 0 Å². The maximum absolute atomic E-state index is 5.44. The Bertz CT molecular complexity index is 444. The summed E-state index contributed by atoms with van der Waals surface area (Å²) in [5.41, 5.74) is 1.17. The van der Waals surface area contributed by atoms with Gasteiger partial charge < -0.3 is 19.1 Å². The summed E-state index contributed by atoms with van der Waals surface area (Å²) >= 11 is 0. The van der Waals surface area contributed by atoms with Gasteiger partial charge in [0, 0.05) is 6.04 Å². The van der Waals surface area contributed by atoms with Gasteiger partial charge in [0.2, 0.25) is 5.75 Å². The summed E-state index contributed by atoms with van der Waals surface area (Å²) in [6.07, 6.45) is 3.86. The Morgan fingerprint density at radius 3 is 1.95 bits per heavy atom. The van der Waals surface area contributed by atoms with Crippen LogP contribution in [0.25, 0.3) is 0 Å². The van der Waals surface area contributed by atoms with Crippen molar-refractivity contribution >= 4 is 0 Å². The highest BCUT2D eigenvalue weighted by Crippen LogP contribution is 2.38. The largest absolute Gasteiger partial charge is 0.493 e. The van der Waals surface area contributed by atoms with Gasteiger partial charge in [-0.2, -0.15) is 0 Å². The highest BCUT2D eigenvalue weighted by molar-refractivity contribution is 5.54. The maximum Gasteiger partial charge on any atom is 0.203 e. The smallest absolute Gasteiger partial charge is 0.203 e. The van der Waals surface area contributed by atoms with Crippen LogP contribution < -0.4 is 14.2 Å². The maximum atomic E-state index is 5.44. The van der Waals surface area contributed by atoms with Crippen LogP contribution in [0.15, 0.2) is 24.8 Å². The molecule has 4 nitrogen and oxygen atoms in total. The summed E-state index contributed by atoms with van der Waals surface area (Å²) in [6.45, 7) is 10.3. The number of nitrogens with zero attached hydrogens (tertiary/aromatic N) is 1. The van der Waals surface area contributed by atoms with Crippen molar-refractivity contribution in [2.75, 3.05) is 34.4 Å². The van der Waals surface area contributed by atoms with Gasteiger partial charge in [-0.25, -0.2) is 0 Å². The Morgan fingerprint density at radius 2 is 1.59 bits per heavy atom. The van der Waals surface area contributed by atoms with Crippen LogP contribution in [-0.2, 0) is 6.42 Å². The standard InChI is InChI=1S/C18H29NO3/c1-7-10-15(19(8-2)9-3)11-14-12-16(20-4)18(22-6)17(13-14)21-5/h7,12-13,15H,1,8-11H2,2-6H3/t15-/m1/s1. The van der Waals surface area contributed by atoms with Crippen molar-refractivity contribution in [3.63, 3.8) is 0 Å². The van der Waals surface area contributed by atoms with E-state index in [1.54, 1.807) is 21.3 Å². The van der Waals surface area contributed by atoms with E-state index in [2.05, 4.69) is 25.3 Å². The number of ether oxygens (including phenoxy) is 3. The van der Waals surface area contributed by atoms with Gasteiger partial charge in [0.1, 0.15) is 0 Å². The minimum absolute atomic E-state index is 0.426. The zero-order valence-corrected chi connectivity index (χ0v) is 14.5. The van der Waals surface area contributed by atoms with Gasteiger partial charge >= 0.3 is 0 Å². The van der Waals surface area contributed by atoms with Crippen LogP contribution in [0.5, 0.6) is 17.2 Å². The third-order valence-corrected chi connectivity index (χ3v) is 3.96. The van der Waals surface area contributed by atoms with Crippen molar-refractivity contribution in [3.8, 4) is 17.2 Å². The van der Waals surface area contributed by atoms with Crippen LogP contribution in [0.1, 0.15) is 25.8 Å². The molecule has 0 fully saturated rings. The lowest BCUT2D eigenvalue weighted by Crippen LogP contribution is -2.36. The Kier molecular flexibility index (Phi) is 7.82. The van der Waals surface area contributed by atoms with E-state index in [1.165, 1.54) is 5.56 Å². The summed E-state index contributed by atoms with van der Waals surface area (Å²) in [5.74, 6) is 2.04. The van der Waals surface area contributed by atoms with Gasteiger partial charge in [0.15, 0.2) is 11.5 Å². The Hall–Kier alpha value is -1.68. The summed E-state index contributed by atoms with van der Waals surface area (Å²) in [5, 5.41) is 0. The lowest BCUT2D eigenvalue weighted by molar-refractivity contribution is 0.216. The van der Waals surface area contributed by atoms with Crippen LogP contribution >= 0.6 is 0 Å². The van der Waals surface area contributed by atoms with Crippen LogP contribution in [0.2, 0.25) is 0 Å². The zero-order chi connectivity index (χ0) is 16.5. The molecule has 1 aromatic carbocycles. The van der Waals surface area contributed by atoms with Crippen LogP contribution in [0.4, 0.5) is 0 Å².